The summed E-state index contributed by atoms with van der Waals surface area (Å²) in [6, 6.07) is 8.17. The third-order valence-corrected chi connectivity index (χ3v) is 5.36. The van der Waals surface area contributed by atoms with Gasteiger partial charge in [-0.2, -0.15) is 0 Å². The van der Waals surface area contributed by atoms with Crippen molar-refractivity contribution in [3.05, 3.63) is 30.3 Å². The summed E-state index contributed by atoms with van der Waals surface area (Å²) in [4.78, 5) is 12.1. The average Bonchev–Trinajstić information content (AvgIpc) is 2.92. The summed E-state index contributed by atoms with van der Waals surface area (Å²) in [5.41, 5.74) is 0. The molecule has 1 aliphatic heterocycles. The second-order valence-corrected chi connectivity index (χ2v) is 7.15. The van der Waals surface area contributed by atoms with E-state index < -0.39 is 21.4 Å². The zero-order chi connectivity index (χ0) is 14.6. The highest BCUT2D eigenvalue weighted by molar-refractivity contribution is 7.92. The molecule has 0 aliphatic carbocycles. The summed E-state index contributed by atoms with van der Waals surface area (Å²) >= 11 is 0. The van der Waals surface area contributed by atoms with Gasteiger partial charge in [0.15, 0.2) is 16.1 Å². The van der Waals surface area contributed by atoms with Gasteiger partial charge in [-0.1, -0.05) is 18.2 Å². The number of ether oxygens (including phenoxy) is 2. The van der Waals surface area contributed by atoms with E-state index >= 15 is 0 Å². The van der Waals surface area contributed by atoms with Crippen molar-refractivity contribution in [2.24, 2.45) is 0 Å². The number of hydrogen-bond acceptors (Lipinski definition) is 5. The predicted molar refractivity (Wildman–Crippen MR) is 73.0 cm³/mol. The quantitative estimate of drug-likeness (QED) is 0.797. The molecule has 0 bridgehead atoms. The minimum absolute atomic E-state index is 0.0273. The van der Waals surface area contributed by atoms with Crippen molar-refractivity contribution in [1.82, 2.24) is 0 Å². The van der Waals surface area contributed by atoms with E-state index in [-0.39, 0.29) is 23.5 Å². The molecule has 0 spiro atoms. The highest BCUT2D eigenvalue weighted by Crippen LogP contribution is 2.19. The zero-order valence-corrected chi connectivity index (χ0v) is 12.1. The standard InChI is InChI=1S/C14H18O5S/c1-11(9-12(15)10-14-18-7-8-19-14)20(16,17)13-5-3-2-4-6-13/h2-6,11,14H,7-10H2,1H3. The maximum Gasteiger partial charge on any atom is 0.181 e. The van der Waals surface area contributed by atoms with Gasteiger partial charge in [0.25, 0.3) is 0 Å². The number of sulfone groups is 1. The number of Topliss-reactive ketones (excluding diaryl/α,β-unsaturated/α-hetero) is 1. The lowest BCUT2D eigenvalue weighted by Crippen LogP contribution is -2.24. The lowest BCUT2D eigenvalue weighted by molar-refractivity contribution is -0.127. The van der Waals surface area contributed by atoms with Crippen LogP contribution in [0.25, 0.3) is 0 Å². The lowest BCUT2D eigenvalue weighted by atomic mass is 10.2. The van der Waals surface area contributed by atoms with Crippen molar-refractivity contribution in [1.29, 1.82) is 0 Å². The van der Waals surface area contributed by atoms with Crippen LogP contribution in [0.5, 0.6) is 0 Å². The van der Waals surface area contributed by atoms with Crippen molar-refractivity contribution in [3.63, 3.8) is 0 Å². The first-order valence-corrected chi connectivity index (χ1v) is 8.08. The van der Waals surface area contributed by atoms with Gasteiger partial charge >= 0.3 is 0 Å². The van der Waals surface area contributed by atoms with Crippen LogP contribution in [0, 0.1) is 0 Å². The summed E-state index contributed by atoms with van der Waals surface area (Å²) in [5, 5.41) is -0.751. The van der Waals surface area contributed by atoms with Crippen LogP contribution in [0.3, 0.4) is 0 Å². The molecule has 5 nitrogen and oxygen atoms in total. The molecule has 1 aromatic carbocycles. The molecular weight excluding hydrogens is 280 g/mol. The summed E-state index contributed by atoms with van der Waals surface area (Å²) in [6.45, 7) is 2.52. The van der Waals surface area contributed by atoms with Crippen LogP contribution >= 0.6 is 0 Å². The van der Waals surface area contributed by atoms with E-state index in [1.165, 1.54) is 0 Å². The van der Waals surface area contributed by atoms with Gasteiger partial charge in [0.05, 0.1) is 29.8 Å². The molecule has 0 saturated carbocycles. The minimum Gasteiger partial charge on any atom is -0.350 e. The van der Waals surface area contributed by atoms with Gasteiger partial charge in [-0.3, -0.25) is 4.79 Å². The van der Waals surface area contributed by atoms with Gasteiger partial charge in [0, 0.05) is 6.42 Å². The number of benzene rings is 1. The first-order valence-electron chi connectivity index (χ1n) is 6.54. The van der Waals surface area contributed by atoms with Gasteiger partial charge in [-0.15, -0.1) is 0 Å². The highest BCUT2D eigenvalue weighted by atomic mass is 32.2. The molecule has 1 aliphatic rings. The fourth-order valence-electron chi connectivity index (χ4n) is 2.07. The van der Waals surface area contributed by atoms with E-state index in [0.29, 0.717) is 13.2 Å². The predicted octanol–water partition coefficient (Wildman–Crippen LogP) is 1.57. The van der Waals surface area contributed by atoms with Crippen LogP contribution in [-0.2, 0) is 24.1 Å². The third kappa shape index (κ3) is 3.65. The van der Waals surface area contributed by atoms with Crippen molar-refractivity contribution in [2.45, 2.75) is 36.2 Å². The monoisotopic (exact) mass is 298 g/mol. The topological polar surface area (TPSA) is 69.7 Å². The molecule has 2 rings (SSSR count). The fourth-order valence-corrected chi connectivity index (χ4v) is 3.47. The van der Waals surface area contributed by atoms with Gasteiger partial charge in [-0.05, 0) is 19.1 Å². The molecule has 1 unspecified atom stereocenters. The number of carbonyl (C=O) groups excluding carboxylic acids is 1. The van der Waals surface area contributed by atoms with Crippen LogP contribution in [0.1, 0.15) is 19.8 Å². The van der Waals surface area contributed by atoms with Gasteiger partial charge in [0.2, 0.25) is 0 Å². The minimum atomic E-state index is -3.47. The molecule has 0 aromatic heterocycles. The Kier molecular flexibility index (Phi) is 4.91. The maximum absolute atomic E-state index is 12.3. The van der Waals surface area contributed by atoms with E-state index in [0.717, 1.165) is 0 Å². The molecule has 6 heteroatoms. The smallest absolute Gasteiger partial charge is 0.181 e. The molecule has 20 heavy (non-hydrogen) atoms. The Morgan fingerprint density at radius 3 is 2.45 bits per heavy atom. The second kappa shape index (κ2) is 6.47. The van der Waals surface area contributed by atoms with Gasteiger partial charge in [-0.25, -0.2) is 8.42 Å². The van der Waals surface area contributed by atoms with Crippen LogP contribution < -0.4 is 0 Å². The van der Waals surface area contributed by atoms with E-state index in [2.05, 4.69) is 0 Å². The Labute approximate surface area is 118 Å². The van der Waals surface area contributed by atoms with Crippen LogP contribution in [0.15, 0.2) is 35.2 Å². The molecule has 0 amide bonds. The lowest BCUT2D eigenvalue weighted by Gasteiger charge is -2.13. The summed E-state index contributed by atoms with van der Waals surface area (Å²) in [6.07, 6.45) is -0.441. The molecule has 110 valence electrons. The highest BCUT2D eigenvalue weighted by Gasteiger charge is 2.27. The van der Waals surface area contributed by atoms with Crippen molar-refractivity contribution in [3.8, 4) is 0 Å². The Bertz CT molecular complexity index is 546. The normalized spacial score (nSPS) is 18.1. The zero-order valence-electron chi connectivity index (χ0n) is 11.3. The molecule has 1 fully saturated rings. The van der Waals surface area contributed by atoms with Crippen molar-refractivity contribution >= 4 is 15.6 Å². The van der Waals surface area contributed by atoms with E-state index in [4.69, 9.17) is 9.47 Å². The van der Waals surface area contributed by atoms with Gasteiger partial charge in [0.1, 0.15) is 5.78 Å². The fraction of sp³-hybridized carbons (Fsp3) is 0.500. The summed E-state index contributed by atoms with van der Waals surface area (Å²) in [5.74, 6) is -0.163. The second-order valence-electron chi connectivity index (χ2n) is 4.79. The molecule has 1 aromatic rings. The molecular formula is C14H18O5S. The number of hydrogen-bond donors (Lipinski definition) is 0. The third-order valence-electron chi connectivity index (χ3n) is 3.20. The molecule has 1 atom stereocenters. The van der Waals surface area contributed by atoms with Crippen LogP contribution in [-0.4, -0.2) is 39.0 Å². The van der Waals surface area contributed by atoms with Crippen molar-refractivity contribution in [2.75, 3.05) is 13.2 Å². The Hall–Kier alpha value is -1.24. The first-order chi connectivity index (χ1) is 9.50. The molecule has 1 heterocycles. The van der Waals surface area contributed by atoms with Crippen LogP contribution in [0.4, 0.5) is 0 Å². The van der Waals surface area contributed by atoms with Gasteiger partial charge < -0.3 is 9.47 Å². The number of ketones is 1. The number of rotatable bonds is 6. The average molecular weight is 298 g/mol. The molecule has 0 radical (unpaired) electrons. The first kappa shape index (κ1) is 15.2. The Morgan fingerprint density at radius 2 is 1.85 bits per heavy atom. The SMILES string of the molecule is CC(CC(=O)CC1OCCO1)S(=O)(=O)c1ccccc1. The van der Waals surface area contributed by atoms with Crippen LogP contribution in [0.2, 0.25) is 0 Å². The van der Waals surface area contributed by atoms with E-state index in [1.807, 2.05) is 0 Å². The van der Waals surface area contributed by atoms with Crippen molar-refractivity contribution < 1.29 is 22.7 Å². The summed E-state index contributed by atoms with van der Waals surface area (Å²) in [7, 11) is -3.47. The Morgan fingerprint density at radius 1 is 1.25 bits per heavy atom. The maximum atomic E-state index is 12.3. The molecule has 1 saturated heterocycles. The summed E-state index contributed by atoms with van der Waals surface area (Å²) < 4.78 is 34.9. The largest absolute Gasteiger partial charge is 0.350 e. The number of carbonyl (C=O) groups is 1. The molecule has 0 N–H and O–H groups in total. The van der Waals surface area contributed by atoms with E-state index in [9.17, 15) is 13.2 Å². The van der Waals surface area contributed by atoms with E-state index in [1.54, 1.807) is 37.3 Å². The Balaban J connectivity index is 1.96.